The molecule has 0 aromatic carbocycles. The van der Waals surface area contributed by atoms with E-state index in [2.05, 4.69) is 4.99 Å². The SMILES string of the molecule is CCCCCCCCCC(CCC(F)(F)C(F)(F)C(F)(F)C(F)(F)C(F)(F)C(F)(F)F)N=C=O. The molecular weight excluding hydrogens is 505 g/mol. The van der Waals surface area contributed by atoms with Gasteiger partial charge in [0, 0.05) is 6.42 Å². The fraction of sp³-hybridized carbons (Fsp3) is 0.947. The number of nitrogens with zero attached hydrogens (tertiary/aromatic N) is 1. The molecule has 0 radical (unpaired) electrons. The zero-order chi connectivity index (χ0) is 27.1. The van der Waals surface area contributed by atoms with Gasteiger partial charge in [-0.3, -0.25) is 0 Å². The Labute approximate surface area is 187 Å². The van der Waals surface area contributed by atoms with Crippen LogP contribution in [0.3, 0.4) is 0 Å². The number of hydrogen-bond acceptors (Lipinski definition) is 2. The predicted molar refractivity (Wildman–Crippen MR) is 94.5 cm³/mol. The first-order chi connectivity index (χ1) is 15.2. The van der Waals surface area contributed by atoms with E-state index >= 15 is 0 Å². The molecular formula is C19H24F13NO. The zero-order valence-electron chi connectivity index (χ0n) is 17.9. The smallest absolute Gasteiger partial charge is 0.211 e. The Bertz CT molecular complexity index is 670. The van der Waals surface area contributed by atoms with Crippen LogP contribution in [0.4, 0.5) is 57.1 Å². The summed E-state index contributed by atoms with van der Waals surface area (Å²) in [6.45, 7) is 1.97. The van der Waals surface area contributed by atoms with Gasteiger partial charge in [-0.25, -0.2) is 9.79 Å². The molecule has 15 heteroatoms. The first kappa shape index (κ1) is 32.5. The monoisotopic (exact) mass is 529 g/mol. The molecule has 0 aromatic heterocycles. The van der Waals surface area contributed by atoms with Crippen molar-refractivity contribution in [1.29, 1.82) is 0 Å². The number of unbranched alkanes of at least 4 members (excludes halogenated alkanes) is 6. The molecule has 1 unspecified atom stereocenters. The summed E-state index contributed by atoms with van der Waals surface area (Å²) in [6, 6.07) is -1.46. The molecule has 202 valence electrons. The third kappa shape index (κ3) is 7.00. The Kier molecular flexibility index (Phi) is 11.4. The first-order valence-electron chi connectivity index (χ1n) is 10.3. The van der Waals surface area contributed by atoms with Crippen LogP contribution in [0.25, 0.3) is 0 Å². The predicted octanol–water partition coefficient (Wildman–Crippen LogP) is 8.35. The van der Waals surface area contributed by atoms with Gasteiger partial charge in [-0.15, -0.1) is 0 Å². The van der Waals surface area contributed by atoms with Crippen LogP contribution in [0.2, 0.25) is 0 Å². The number of isocyanates is 1. The van der Waals surface area contributed by atoms with Crippen molar-refractivity contribution >= 4 is 6.08 Å². The van der Waals surface area contributed by atoms with Gasteiger partial charge in [0.1, 0.15) is 0 Å². The van der Waals surface area contributed by atoms with E-state index < -0.39 is 54.7 Å². The van der Waals surface area contributed by atoms with Crippen LogP contribution >= 0.6 is 0 Å². The van der Waals surface area contributed by atoms with Gasteiger partial charge in [-0.05, 0) is 12.8 Å². The maximum absolute atomic E-state index is 13.8. The number of carbonyl (C=O) groups excluding carboxylic acids is 1. The van der Waals surface area contributed by atoms with Crippen LogP contribution in [0, 0.1) is 0 Å². The van der Waals surface area contributed by atoms with E-state index in [1.54, 1.807) is 0 Å². The number of aliphatic imine (C=N–C) groups is 1. The van der Waals surface area contributed by atoms with E-state index in [-0.39, 0.29) is 12.8 Å². The fourth-order valence-electron chi connectivity index (χ4n) is 2.99. The Morgan fingerprint density at radius 2 is 1.06 bits per heavy atom. The summed E-state index contributed by atoms with van der Waals surface area (Å²) in [5.74, 6) is -36.9. The topological polar surface area (TPSA) is 29.4 Å². The Morgan fingerprint density at radius 3 is 1.50 bits per heavy atom. The molecule has 0 N–H and O–H groups in total. The lowest BCUT2D eigenvalue weighted by Gasteiger charge is -2.39. The number of hydrogen-bond donors (Lipinski definition) is 0. The van der Waals surface area contributed by atoms with Crippen molar-refractivity contribution in [2.45, 2.75) is 113 Å². The van der Waals surface area contributed by atoms with Crippen LogP contribution in [0.1, 0.15) is 71.1 Å². The molecule has 0 saturated carbocycles. The highest BCUT2D eigenvalue weighted by Crippen LogP contribution is 2.60. The Balaban J connectivity index is 5.41. The van der Waals surface area contributed by atoms with E-state index in [0.29, 0.717) is 12.8 Å². The lowest BCUT2D eigenvalue weighted by atomic mass is 9.90. The van der Waals surface area contributed by atoms with Gasteiger partial charge in [0.05, 0.1) is 6.04 Å². The normalized spacial score (nSPS) is 15.2. The quantitative estimate of drug-likeness (QED) is 0.0855. The van der Waals surface area contributed by atoms with Gasteiger partial charge in [0.2, 0.25) is 6.08 Å². The molecule has 0 saturated heterocycles. The highest BCUT2D eigenvalue weighted by molar-refractivity contribution is 5.33. The summed E-state index contributed by atoms with van der Waals surface area (Å²) < 4.78 is 170. The van der Waals surface area contributed by atoms with Crippen LogP contribution < -0.4 is 0 Å². The minimum Gasteiger partial charge on any atom is -0.211 e. The van der Waals surface area contributed by atoms with E-state index in [4.69, 9.17) is 0 Å². The maximum atomic E-state index is 13.8. The van der Waals surface area contributed by atoms with Gasteiger partial charge in [0.15, 0.2) is 0 Å². The summed E-state index contributed by atoms with van der Waals surface area (Å²) in [4.78, 5) is 13.5. The first-order valence-corrected chi connectivity index (χ1v) is 10.3. The van der Waals surface area contributed by atoms with Crippen molar-refractivity contribution in [3.8, 4) is 0 Å². The van der Waals surface area contributed by atoms with Crippen molar-refractivity contribution < 1.29 is 61.9 Å². The average Bonchev–Trinajstić information content (AvgIpc) is 2.69. The molecule has 0 aliphatic carbocycles. The van der Waals surface area contributed by atoms with Crippen LogP contribution in [-0.4, -0.2) is 47.9 Å². The van der Waals surface area contributed by atoms with Gasteiger partial charge in [-0.1, -0.05) is 51.9 Å². The molecule has 0 rings (SSSR count). The van der Waals surface area contributed by atoms with E-state index in [1.807, 2.05) is 6.92 Å². The summed E-state index contributed by atoms with van der Waals surface area (Å²) >= 11 is 0. The molecule has 1 atom stereocenters. The van der Waals surface area contributed by atoms with Crippen molar-refractivity contribution in [1.82, 2.24) is 0 Å². The Hall–Kier alpha value is -1.53. The third-order valence-corrected chi connectivity index (χ3v) is 5.17. The molecule has 2 nitrogen and oxygen atoms in total. The highest BCUT2D eigenvalue weighted by Gasteiger charge is 2.90. The average molecular weight is 529 g/mol. The molecule has 0 spiro atoms. The minimum atomic E-state index is -7.91. The third-order valence-electron chi connectivity index (χ3n) is 5.17. The second-order valence-electron chi connectivity index (χ2n) is 7.82. The van der Waals surface area contributed by atoms with E-state index in [9.17, 15) is 61.9 Å². The highest BCUT2D eigenvalue weighted by atomic mass is 19.4. The van der Waals surface area contributed by atoms with Crippen LogP contribution in [0.5, 0.6) is 0 Å². The summed E-state index contributed by atoms with van der Waals surface area (Å²) in [5, 5.41) is 0. The van der Waals surface area contributed by atoms with Crippen molar-refractivity contribution in [3.05, 3.63) is 0 Å². The number of rotatable bonds is 16. The fourth-order valence-corrected chi connectivity index (χ4v) is 2.99. The second kappa shape index (κ2) is 11.9. The van der Waals surface area contributed by atoms with E-state index in [0.717, 1.165) is 31.8 Å². The summed E-state index contributed by atoms with van der Waals surface area (Å²) in [7, 11) is 0. The van der Waals surface area contributed by atoms with Crippen molar-refractivity contribution in [3.63, 3.8) is 0 Å². The second-order valence-corrected chi connectivity index (χ2v) is 7.82. The molecule has 34 heavy (non-hydrogen) atoms. The summed E-state index contributed by atoms with van der Waals surface area (Å²) in [6.07, 6.45) is -5.11. The van der Waals surface area contributed by atoms with Gasteiger partial charge in [-0.2, -0.15) is 57.1 Å². The van der Waals surface area contributed by atoms with E-state index in [1.165, 1.54) is 0 Å². The molecule has 0 fully saturated rings. The van der Waals surface area contributed by atoms with Crippen LogP contribution in [0.15, 0.2) is 4.99 Å². The summed E-state index contributed by atoms with van der Waals surface area (Å²) in [5.41, 5.74) is 0. The standard InChI is InChI=1S/C19H24F13NO/c1-2-3-4-5-6-7-8-9-13(33-12-34)10-11-14(20,21)15(22,23)16(24,25)17(26,27)18(28,29)19(30,31)32/h13H,2-11H2,1H3. The minimum absolute atomic E-state index is 0.163. The van der Waals surface area contributed by atoms with Gasteiger partial charge < -0.3 is 0 Å². The molecule has 0 bridgehead atoms. The van der Waals surface area contributed by atoms with Crippen LogP contribution in [-0.2, 0) is 4.79 Å². The lowest BCUT2D eigenvalue weighted by molar-refractivity contribution is -0.440. The largest absolute Gasteiger partial charge is 0.460 e. The molecule has 0 amide bonds. The van der Waals surface area contributed by atoms with Crippen molar-refractivity contribution in [2.24, 2.45) is 4.99 Å². The lowest BCUT2D eigenvalue weighted by Crippen LogP contribution is -2.70. The van der Waals surface area contributed by atoms with Crippen molar-refractivity contribution in [2.75, 3.05) is 0 Å². The molecule has 0 aromatic rings. The van der Waals surface area contributed by atoms with Gasteiger partial charge >= 0.3 is 35.8 Å². The molecule has 0 aliphatic rings. The molecule has 0 aliphatic heterocycles. The zero-order valence-corrected chi connectivity index (χ0v) is 17.9. The number of alkyl halides is 13. The molecule has 0 heterocycles. The van der Waals surface area contributed by atoms with Gasteiger partial charge in [0.25, 0.3) is 0 Å². The Morgan fingerprint density at radius 1 is 0.618 bits per heavy atom. The maximum Gasteiger partial charge on any atom is 0.460 e. The number of halogens is 13.